The van der Waals surface area contributed by atoms with Crippen LogP contribution in [0.4, 0.5) is 5.95 Å². The summed E-state index contributed by atoms with van der Waals surface area (Å²) in [5.74, 6) is 0.560. The quantitative estimate of drug-likeness (QED) is 0.387. The molecule has 2 N–H and O–H groups in total. The van der Waals surface area contributed by atoms with Crippen LogP contribution in [0.5, 0.6) is 0 Å². The number of hydrogen-bond acceptors (Lipinski definition) is 5. The molecule has 2 aromatic carbocycles. The summed E-state index contributed by atoms with van der Waals surface area (Å²) in [5, 5.41) is 5.60. The average molecular weight is 429 g/mol. The molecule has 0 radical (unpaired) electrons. The molecule has 0 bridgehead atoms. The highest BCUT2D eigenvalue weighted by Crippen LogP contribution is 2.23. The van der Waals surface area contributed by atoms with Crippen LogP contribution in [0.3, 0.4) is 0 Å². The molecule has 5 aromatic rings. The zero-order valence-corrected chi connectivity index (χ0v) is 17.7. The third kappa shape index (κ3) is 3.58. The van der Waals surface area contributed by atoms with E-state index >= 15 is 0 Å². The highest BCUT2D eigenvalue weighted by Gasteiger charge is 2.18. The summed E-state index contributed by atoms with van der Waals surface area (Å²) < 4.78 is 5.23. The fourth-order valence-corrected chi connectivity index (χ4v) is 4.00. The lowest BCUT2D eigenvalue weighted by atomic mass is 10.0. The van der Waals surface area contributed by atoms with Crippen molar-refractivity contribution < 1.29 is 0 Å². The van der Waals surface area contributed by atoms with Crippen LogP contribution in [0, 0.1) is 0 Å². The van der Waals surface area contributed by atoms with Crippen molar-refractivity contribution in [3.8, 4) is 0 Å². The van der Waals surface area contributed by atoms with E-state index in [0.717, 1.165) is 29.3 Å². The molecule has 0 saturated heterocycles. The Morgan fingerprint density at radius 1 is 1.09 bits per heavy atom. The molecule has 0 atom stereocenters. The number of aromatic amines is 1. The molecule has 0 aliphatic carbocycles. The number of rotatable bonds is 7. The highest BCUT2D eigenvalue weighted by molar-refractivity contribution is 5.86. The van der Waals surface area contributed by atoms with Gasteiger partial charge in [-0.05, 0) is 22.8 Å². The number of imidazole rings is 2. The maximum atomic E-state index is 12.8. The molecule has 162 valence electrons. The summed E-state index contributed by atoms with van der Waals surface area (Å²) in [6.45, 7) is 1.92. The van der Waals surface area contributed by atoms with E-state index in [1.54, 1.807) is 19.6 Å². The molecular weight excluding hydrogens is 406 g/mol. The van der Waals surface area contributed by atoms with E-state index in [4.69, 9.17) is 0 Å². The molecule has 0 amide bonds. The maximum Gasteiger partial charge on any atom is 0.329 e. The molecule has 0 spiro atoms. The van der Waals surface area contributed by atoms with Crippen LogP contribution in [-0.4, -0.2) is 35.2 Å². The number of benzene rings is 2. The summed E-state index contributed by atoms with van der Waals surface area (Å²) in [7, 11) is 1.61. The van der Waals surface area contributed by atoms with Crippen molar-refractivity contribution in [1.82, 2.24) is 28.7 Å². The van der Waals surface area contributed by atoms with E-state index in [-0.39, 0.29) is 0 Å². The number of aromatic nitrogens is 6. The van der Waals surface area contributed by atoms with Crippen LogP contribution >= 0.6 is 0 Å². The largest absolute Gasteiger partial charge is 0.356 e. The van der Waals surface area contributed by atoms with Gasteiger partial charge in [-0.3, -0.25) is 18.9 Å². The number of anilines is 1. The molecule has 0 saturated carbocycles. The molecule has 5 rings (SSSR count). The number of nitrogens with zero attached hydrogens (tertiary/aromatic N) is 5. The summed E-state index contributed by atoms with van der Waals surface area (Å²) >= 11 is 0. The third-order valence-corrected chi connectivity index (χ3v) is 5.65. The smallest absolute Gasteiger partial charge is 0.329 e. The molecule has 3 aromatic heterocycles. The van der Waals surface area contributed by atoms with Crippen molar-refractivity contribution in [2.75, 3.05) is 11.9 Å². The predicted octanol–water partition coefficient (Wildman–Crippen LogP) is 2.32. The van der Waals surface area contributed by atoms with Gasteiger partial charge < -0.3 is 9.88 Å². The first-order valence-electron chi connectivity index (χ1n) is 10.5. The summed E-state index contributed by atoms with van der Waals surface area (Å²) in [5.41, 5.74) is 0.872. The maximum absolute atomic E-state index is 12.8. The van der Waals surface area contributed by atoms with Crippen molar-refractivity contribution in [2.24, 2.45) is 7.05 Å². The zero-order valence-electron chi connectivity index (χ0n) is 17.7. The SMILES string of the molecule is Cn1c(=O)[nH]c(=O)c2c1nc(NCCCn1ccnc1)n2Cc1cccc2ccccc12. The molecule has 0 fully saturated rings. The minimum absolute atomic E-state index is 0.357. The van der Waals surface area contributed by atoms with E-state index in [1.165, 1.54) is 4.57 Å². The standard InChI is InChI=1S/C23H23N7O2/c1-28-20-19(21(31)27-23(28)32)30(14-17-8-4-7-16-6-2-3-9-18(16)17)22(26-20)25-10-5-12-29-13-11-24-15-29/h2-4,6-9,11,13,15H,5,10,12,14H2,1H3,(H,25,26)(H,27,31,32). The second kappa shape index (κ2) is 8.18. The second-order valence-corrected chi connectivity index (χ2v) is 7.73. The van der Waals surface area contributed by atoms with Crippen molar-refractivity contribution in [2.45, 2.75) is 19.5 Å². The minimum Gasteiger partial charge on any atom is -0.356 e. The average Bonchev–Trinajstić information content (AvgIpc) is 3.44. The van der Waals surface area contributed by atoms with Crippen LogP contribution in [0.15, 0.2) is 70.8 Å². The van der Waals surface area contributed by atoms with E-state index in [9.17, 15) is 9.59 Å². The van der Waals surface area contributed by atoms with Crippen LogP contribution in [0.25, 0.3) is 21.9 Å². The lowest BCUT2D eigenvalue weighted by Crippen LogP contribution is -2.29. The normalized spacial score (nSPS) is 11.4. The Labute approximate surface area is 183 Å². The van der Waals surface area contributed by atoms with Crippen molar-refractivity contribution in [1.29, 1.82) is 0 Å². The molecular formula is C23H23N7O2. The molecule has 0 unspecified atom stereocenters. The number of H-pyrrole nitrogens is 1. The fraction of sp³-hybridized carbons (Fsp3) is 0.217. The molecule has 0 aliphatic rings. The van der Waals surface area contributed by atoms with Gasteiger partial charge in [0.1, 0.15) is 0 Å². The summed E-state index contributed by atoms with van der Waals surface area (Å²) in [6.07, 6.45) is 6.31. The Morgan fingerprint density at radius 2 is 1.94 bits per heavy atom. The van der Waals surface area contributed by atoms with Gasteiger partial charge in [0.15, 0.2) is 11.2 Å². The van der Waals surface area contributed by atoms with Crippen LogP contribution in [0.1, 0.15) is 12.0 Å². The van der Waals surface area contributed by atoms with Crippen LogP contribution < -0.4 is 16.6 Å². The topological polar surface area (TPSA) is 103 Å². The van der Waals surface area contributed by atoms with Gasteiger partial charge in [0.25, 0.3) is 5.56 Å². The van der Waals surface area contributed by atoms with Crippen molar-refractivity contribution in [3.63, 3.8) is 0 Å². The minimum atomic E-state index is -0.482. The van der Waals surface area contributed by atoms with Crippen molar-refractivity contribution >= 4 is 27.9 Å². The number of nitrogens with one attached hydrogen (secondary N) is 2. The Kier molecular flexibility index (Phi) is 5.06. The van der Waals surface area contributed by atoms with Crippen molar-refractivity contribution in [3.05, 3.63) is 87.6 Å². The Bertz CT molecular complexity index is 1500. The first-order valence-corrected chi connectivity index (χ1v) is 10.5. The Balaban J connectivity index is 1.54. The zero-order chi connectivity index (χ0) is 22.1. The van der Waals surface area contributed by atoms with E-state index in [0.29, 0.717) is 30.2 Å². The van der Waals surface area contributed by atoms with Gasteiger partial charge in [0, 0.05) is 32.5 Å². The first kappa shape index (κ1) is 19.8. The highest BCUT2D eigenvalue weighted by atomic mass is 16.2. The molecule has 0 aliphatic heterocycles. The van der Waals surface area contributed by atoms with Gasteiger partial charge in [-0.2, -0.15) is 4.98 Å². The molecule has 9 nitrogen and oxygen atoms in total. The number of fused-ring (bicyclic) bond motifs is 2. The third-order valence-electron chi connectivity index (χ3n) is 5.65. The number of hydrogen-bond donors (Lipinski definition) is 2. The summed E-state index contributed by atoms with van der Waals surface area (Å²) in [4.78, 5) is 36.0. The second-order valence-electron chi connectivity index (χ2n) is 7.73. The monoisotopic (exact) mass is 429 g/mol. The van der Waals surface area contributed by atoms with Gasteiger partial charge in [0.2, 0.25) is 5.95 Å². The summed E-state index contributed by atoms with van der Waals surface area (Å²) in [6, 6.07) is 14.3. The van der Waals surface area contributed by atoms with Crippen LogP contribution in [-0.2, 0) is 20.1 Å². The molecule has 32 heavy (non-hydrogen) atoms. The first-order chi connectivity index (χ1) is 15.6. The van der Waals surface area contributed by atoms with Gasteiger partial charge in [-0.15, -0.1) is 0 Å². The van der Waals surface area contributed by atoms with E-state index < -0.39 is 11.2 Å². The van der Waals surface area contributed by atoms with E-state index in [1.807, 2.05) is 39.6 Å². The van der Waals surface area contributed by atoms with Gasteiger partial charge in [0.05, 0.1) is 12.9 Å². The van der Waals surface area contributed by atoms with Gasteiger partial charge in [-0.25, -0.2) is 9.78 Å². The Morgan fingerprint density at radius 3 is 2.78 bits per heavy atom. The molecule has 3 heterocycles. The van der Waals surface area contributed by atoms with E-state index in [2.05, 4.69) is 38.5 Å². The Hall–Kier alpha value is -4.14. The lowest BCUT2D eigenvalue weighted by Gasteiger charge is -2.12. The fourth-order valence-electron chi connectivity index (χ4n) is 4.00. The van der Waals surface area contributed by atoms with Gasteiger partial charge >= 0.3 is 5.69 Å². The predicted molar refractivity (Wildman–Crippen MR) is 124 cm³/mol. The van der Waals surface area contributed by atoms with Crippen LogP contribution in [0.2, 0.25) is 0 Å². The lowest BCUT2D eigenvalue weighted by molar-refractivity contribution is 0.657. The molecule has 9 heteroatoms. The van der Waals surface area contributed by atoms with Gasteiger partial charge in [-0.1, -0.05) is 42.5 Å². The number of aryl methyl sites for hydroxylation is 2.